The molecule has 0 atom stereocenters. The molecule has 3 nitrogen and oxygen atoms in total. The Balaban J connectivity index is 2.14. The van der Waals surface area contributed by atoms with Crippen molar-refractivity contribution in [2.45, 2.75) is 20.0 Å². The lowest BCUT2D eigenvalue weighted by Crippen LogP contribution is -2.14. The zero-order valence-corrected chi connectivity index (χ0v) is 11.3. The molecule has 0 bridgehead atoms. The first-order valence-corrected chi connectivity index (χ1v) is 6.45. The minimum Gasteiger partial charge on any atom is -0.489 e. The summed E-state index contributed by atoms with van der Waals surface area (Å²) in [6.45, 7) is 2.18. The second-order valence-corrected chi connectivity index (χ2v) is 4.48. The zero-order valence-electron chi connectivity index (χ0n) is 11.3. The van der Waals surface area contributed by atoms with Gasteiger partial charge in [0.25, 0.3) is 0 Å². The maximum atomic E-state index is 14.1. The van der Waals surface area contributed by atoms with Crippen molar-refractivity contribution in [2.75, 3.05) is 0 Å². The number of nitrogens with two attached hydrogens (primary N) is 1. The predicted molar refractivity (Wildman–Crippen MR) is 77.6 cm³/mol. The molecule has 0 aliphatic carbocycles. The number of amidine groups is 1. The summed E-state index contributed by atoms with van der Waals surface area (Å²) in [5.41, 5.74) is 6.99. The minimum atomic E-state index is -0.494. The van der Waals surface area contributed by atoms with Gasteiger partial charge >= 0.3 is 0 Å². The van der Waals surface area contributed by atoms with Gasteiger partial charge in [-0.15, -0.1) is 0 Å². The lowest BCUT2D eigenvalue weighted by Gasteiger charge is -2.10. The van der Waals surface area contributed by atoms with Crippen molar-refractivity contribution in [1.82, 2.24) is 0 Å². The van der Waals surface area contributed by atoms with Crippen LogP contribution >= 0.6 is 0 Å². The Morgan fingerprint density at radius 2 is 2.00 bits per heavy atom. The van der Waals surface area contributed by atoms with E-state index >= 15 is 0 Å². The lowest BCUT2D eigenvalue weighted by molar-refractivity contribution is 0.299. The fraction of sp³-hybridized carbons (Fsp3) is 0.188. The molecule has 0 saturated carbocycles. The van der Waals surface area contributed by atoms with Crippen molar-refractivity contribution in [2.24, 2.45) is 5.73 Å². The number of benzene rings is 2. The third kappa shape index (κ3) is 3.15. The van der Waals surface area contributed by atoms with E-state index in [1.807, 2.05) is 24.3 Å². The SMILES string of the molecule is CCc1cccc(OCc2cccc(C(=N)N)c2F)c1. The van der Waals surface area contributed by atoms with Gasteiger partial charge in [0.1, 0.15) is 24.0 Å². The number of rotatable bonds is 5. The van der Waals surface area contributed by atoms with Gasteiger partial charge in [0.15, 0.2) is 0 Å². The van der Waals surface area contributed by atoms with E-state index in [1.54, 1.807) is 12.1 Å². The topological polar surface area (TPSA) is 59.1 Å². The number of nitrogen functional groups attached to an aromatic ring is 1. The second kappa shape index (κ2) is 6.19. The van der Waals surface area contributed by atoms with Gasteiger partial charge in [0.05, 0.1) is 5.56 Å². The Bertz CT molecular complexity index is 626. The normalized spacial score (nSPS) is 10.3. The van der Waals surface area contributed by atoms with Crippen molar-refractivity contribution < 1.29 is 9.13 Å². The molecule has 20 heavy (non-hydrogen) atoms. The number of nitrogens with one attached hydrogen (secondary N) is 1. The standard InChI is InChI=1S/C16H17FN2O/c1-2-11-5-3-7-13(9-11)20-10-12-6-4-8-14(15(12)17)16(18)19/h3-9H,2,10H2,1H3,(H3,18,19). The van der Waals surface area contributed by atoms with Gasteiger partial charge in [-0.2, -0.15) is 0 Å². The van der Waals surface area contributed by atoms with Gasteiger partial charge in [0.2, 0.25) is 0 Å². The molecular formula is C16H17FN2O. The van der Waals surface area contributed by atoms with Crippen LogP contribution in [0.5, 0.6) is 5.75 Å². The van der Waals surface area contributed by atoms with Gasteiger partial charge in [-0.05, 0) is 30.2 Å². The third-order valence-corrected chi connectivity index (χ3v) is 3.07. The Morgan fingerprint density at radius 3 is 2.70 bits per heavy atom. The summed E-state index contributed by atoms with van der Waals surface area (Å²) >= 11 is 0. The van der Waals surface area contributed by atoms with Crippen LogP contribution in [0.25, 0.3) is 0 Å². The highest BCUT2D eigenvalue weighted by Crippen LogP contribution is 2.18. The van der Waals surface area contributed by atoms with E-state index in [-0.39, 0.29) is 18.0 Å². The molecule has 0 aliphatic heterocycles. The minimum absolute atomic E-state index is 0.105. The van der Waals surface area contributed by atoms with Gasteiger partial charge in [-0.25, -0.2) is 4.39 Å². The van der Waals surface area contributed by atoms with Crippen LogP contribution in [0, 0.1) is 11.2 Å². The average Bonchev–Trinajstić information content (AvgIpc) is 2.46. The molecule has 2 aromatic carbocycles. The maximum absolute atomic E-state index is 14.1. The first kappa shape index (κ1) is 14.1. The smallest absolute Gasteiger partial charge is 0.140 e. The highest BCUT2D eigenvalue weighted by atomic mass is 19.1. The molecule has 3 N–H and O–H groups in total. The molecule has 0 aliphatic rings. The summed E-state index contributed by atoms with van der Waals surface area (Å²) in [4.78, 5) is 0. The summed E-state index contributed by atoms with van der Waals surface area (Å²) in [7, 11) is 0. The molecular weight excluding hydrogens is 255 g/mol. The molecule has 104 valence electrons. The molecule has 0 spiro atoms. The van der Waals surface area contributed by atoms with Gasteiger partial charge in [-0.1, -0.05) is 31.2 Å². The van der Waals surface area contributed by atoms with Gasteiger partial charge < -0.3 is 10.5 Å². The summed E-state index contributed by atoms with van der Waals surface area (Å²) in [6, 6.07) is 12.5. The first-order valence-electron chi connectivity index (χ1n) is 6.45. The van der Waals surface area contributed by atoms with Gasteiger partial charge in [0, 0.05) is 5.56 Å². The molecule has 2 aromatic rings. The van der Waals surface area contributed by atoms with Crippen LogP contribution in [0.4, 0.5) is 4.39 Å². The Hall–Kier alpha value is -2.36. The predicted octanol–water partition coefficient (Wildman–Crippen LogP) is 3.25. The molecule has 0 amide bonds. The number of halogens is 1. The Morgan fingerprint density at radius 1 is 1.25 bits per heavy atom. The van der Waals surface area contributed by atoms with Crippen LogP contribution in [0.15, 0.2) is 42.5 Å². The van der Waals surface area contributed by atoms with Crippen LogP contribution in [-0.4, -0.2) is 5.84 Å². The molecule has 0 heterocycles. The van der Waals surface area contributed by atoms with Crippen LogP contribution in [0.2, 0.25) is 0 Å². The van der Waals surface area contributed by atoms with Crippen molar-refractivity contribution in [1.29, 1.82) is 5.41 Å². The fourth-order valence-corrected chi connectivity index (χ4v) is 1.92. The summed E-state index contributed by atoms with van der Waals surface area (Å²) in [6.07, 6.45) is 0.922. The van der Waals surface area contributed by atoms with E-state index in [4.69, 9.17) is 15.9 Å². The van der Waals surface area contributed by atoms with Crippen LogP contribution in [0.1, 0.15) is 23.6 Å². The molecule has 0 radical (unpaired) electrons. The second-order valence-electron chi connectivity index (χ2n) is 4.48. The van der Waals surface area contributed by atoms with Crippen molar-refractivity contribution in [3.05, 3.63) is 65.0 Å². The van der Waals surface area contributed by atoms with E-state index in [1.165, 1.54) is 11.6 Å². The molecule has 0 unspecified atom stereocenters. The Kier molecular flexibility index (Phi) is 4.35. The van der Waals surface area contributed by atoms with Crippen LogP contribution in [-0.2, 0) is 13.0 Å². The average molecular weight is 272 g/mol. The van der Waals surface area contributed by atoms with E-state index in [0.717, 1.165) is 6.42 Å². The fourth-order valence-electron chi connectivity index (χ4n) is 1.92. The molecule has 0 aromatic heterocycles. The molecule has 0 saturated heterocycles. The molecule has 0 fully saturated rings. The zero-order chi connectivity index (χ0) is 14.5. The van der Waals surface area contributed by atoms with Crippen molar-refractivity contribution in [3.8, 4) is 5.75 Å². The third-order valence-electron chi connectivity index (χ3n) is 3.07. The largest absolute Gasteiger partial charge is 0.489 e. The van der Waals surface area contributed by atoms with E-state index in [9.17, 15) is 4.39 Å². The summed E-state index contributed by atoms with van der Waals surface area (Å²) in [5, 5.41) is 7.32. The van der Waals surface area contributed by atoms with Crippen molar-refractivity contribution >= 4 is 5.84 Å². The number of ether oxygens (including phenoxy) is 1. The lowest BCUT2D eigenvalue weighted by atomic mass is 10.1. The maximum Gasteiger partial charge on any atom is 0.140 e. The van der Waals surface area contributed by atoms with E-state index in [0.29, 0.717) is 11.3 Å². The monoisotopic (exact) mass is 272 g/mol. The summed E-state index contributed by atoms with van der Waals surface area (Å²) in [5.74, 6) is -0.0686. The molecule has 2 rings (SSSR count). The number of hydrogen-bond donors (Lipinski definition) is 2. The van der Waals surface area contributed by atoms with Crippen molar-refractivity contribution in [3.63, 3.8) is 0 Å². The van der Waals surface area contributed by atoms with Crippen LogP contribution < -0.4 is 10.5 Å². The van der Waals surface area contributed by atoms with Gasteiger partial charge in [-0.3, -0.25) is 5.41 Å². The number of aryl methyl sites for hydroxylation is 1. The van der Waals surface area contributed by atoms with E-state index in [2.05, 4.69) is 6.92 Å². The first-order chi connectivity index (χ1) is 9.61. The highest BCUT2D eigenvalue weighted by molar-refractivity contribution is 5.95. The summed E-state index contributed by atoms with van der Waals surface area (Å²) < 4.78 is 19.7. The number of hydrogen-bond acceptors (Lipinski definition) is 2. The quantitative estimate of drug-likeness (QED) is 0.648. The van der Waals surface area contributed by atoms with E-state index < -0.39 is 5.82 Å². The van der Waals surface area contributed by atoms with Crippen LogP contribution in [0.3, 0.4) is 0 Å². The Labute approximate surface area is 117 Å². The molecule has 4 heteroatoms. The highest BCUT2D eigenvalue weighted by Gasteiger charge is 2.10.